The van der Waals surface area contributed by atoms with Crippen molar-refractivity contribution in [3.8, 4) is 11.5 Å². The number of carboxylic acids is 1. The standard InChI is InChI=1S/C20H25NO5/c22-19(14-3-1-4-15(11-14)20(23)24)21-8-2-5-16(21)13-6-7-17-18(12-13)26-10-9-25-17/h6-7,12,14-16H,1-5,8-11H2,(H,23,24). The van der Waals surface area contributed by atoms with Gasteiger partial charge in [-0.2, -0.15) is 0 Å². The highest BCUT2D eigenvalue weighted by atomic mass is 16.6. The molecule has 0 aromatic heterocycles. The molecule has 1 saturated carbocycles. The normalized spacial score (nSPS) is 28.0. The van der Waals surface area contributed by atoms with Crippen molar-refractivity contribution in [2.45, 2.75) is 44.6 Å². The summed E-state index contributed by atoms with van der Waals surface area (Å²) in [5.74, 6) is 0.306. The van der Waals surface area contributed by atoms with Gasteiger partial charge >= 0.3 is 5.97 Å². The Kier molecular flexibility index (Phi) is 4.74. The smallest absolute Gasteiger partial charge is 0.306 e. The van der Waals surface area contributed by atoms with Crippen LogP contribution in [0, 0.1) is 11.8 Å². The minimum absolute atomic E-state index is 0.0449. The van der Waals surface area contributed by atoms with Gasteiger partial charge in [0.05, 0.1) is 12.0 Å². The maximum absolute atomic E-state index is 13.1. The number of carboxylic acid groups (broad SMARTS) is 1. The molecule has 140 valence electrons. The maximum atomic E-state index is 13.1. The summed E-state index contributed by atoms with van der Waals surface area (Å²) in [4.78, 5) is 26.4. The molecule has 2 heterocycles. The second-order valence-electron chi connectivity index (χ2n) is 7.49. The molecular weight excluding hydrogens is 334 g/mol. The first-order valence-corrected chi connectivity index (χ1v) is 9.56. The van der Waals surface area contributed by atoms with E-state index in [4.69, 9.17) is 9.47 Å². The number of hydrogen-bond donors (Lipinski definition) is 1. The summed E-state index contributed by atoms with van der Waals surface area (Å²) in [6.07, 6.45) is 4.67. The van der Waals surface area contributed by atoms with Gasteiger partial charge < -0.3 is 19.5 Å². The quantitative estimate of drug-likeness (QED) is 0.898. The SMILES string of the molecule is O=C(O)C1CCCC(C(=O)N2CCCC2c2ccc3c(c2)OCCO3)C1. The highest BCUT2D eigenvalue weighted by molar-refractivity contribution is 5.81. The van der Waals surface area contributed by atoms with Crippen LogP contribution in [0.1, 0.15) is 50.1 Å². The molecule has 3 atom stereocenters. The van der Waals surface area contributed by atoms with E-state index in [1.807, 2.05) is 23.1 Å². The zero-order chi connectivity index (χ0) is 18.1. The number of amides is 1. The summed E-state index contributed by atoms with van der Waals surface area (Å²) in [5.41, 5.74) is 1.07. The Balaban J connectivity index is 1.51. The predicted molar refractivity (Wildman–Crippen MR) is 94.2 cm³/mol. The average molecular weight is 359 g/mol. The Morgan fingerprint density at radius 2 is 1.77 bits per heavy atom. The van der Waals surface area contributed by atoms with Gasteiger partial charge in [0.25, 0.3) is 0 Å². The van der Waals surface area contributed by atoms with Crippen molar-refractivity contribution in [3.05, 3.63) is 23.8 Å². The fraction of sp³-hybridized carbons (Fsp3) is 0.600. The van der Waals surface area contributed by atoms with Gasteiger partial charge in [0, 0.05) is 12.5 Å². The molecule has 6 heteroatoms. The van der Waals surface area contributed by atoms with E-state index >= 15 is 0 Å². The van der Waals surface area contributed by atoms with Gasteiger partial charge in [0.15, 0.2) is 11.5 Å². The van der Waals surface area contributed by atoms with Gasteiger partial charge in [-0.15, -0.1) is 0 Å². The molecule has 4 rings (SSSR count). The molecule has 1 N–H and O–H groups in total. The van der Waals surface area contributed by atoms with Gasteiger partial charge in [-0.1, -0.05) is 12.5 Å². The zero-order valence-electron chi connectivity index (χ0n) is 14.9. The summed E-state index contributed by atoms with van der Waals surface area (Å²) in [6.45, 7) is 1.85. The molecule has 3 unspecified atom stereocenters. The number of rotatable bonds is 3. The molecule has 26 heavy (non-hydrogen) atoms. The van der Waals surface area contributed by atoms with Crippen LogP contribution < -0.4 is 9.47 Å². The van der Waals surface area contributed by atoms with E-state index in [-0.39, 0.29) is 23.8 Å². The van der Waals surface area contributed by atoms with Crippen LogP contribution in [-0.4, -0.2) is 41.6 Å². The molecule has 0 bridgehead atoms. The van der Waals surface area contributed by atoms with Crippen LogP contribution >= 0.6 is 0 Å². The third-order valence-corrected chi connectivity index (χ3v) is 5.86. The Labute approximate surface area is 153 Å². The Morgan fingerprint density at radius 3 is 2.58 bits per heavy atom. The molecule has 2 fully saturated rings. The Morgan fingerprint density at radius 1 is 1.00 bits per heavy atom. The van der Waals surface area contributed by atoms with E-state index in [2.05, 4.69) is 0 Å². The second-order valence-corrected chi connectivity index (χ2v) is 7.49. The number of carbonyl (C=O) groups is 2. The van der Waals surface area contributed by atoms with Crippen molar-refractivity contribution in [1.29, 1.82) is 0 Å². The van der Waals surface area contributed by atoms with Crippen molar-refractivity contribution in [2.24, 2.45) is 11.8 Å². The van der Waals surface area contributed by atoms with E-state index in [0.29, 0.717) is 26.1 Å². The number of fused-ring (bicyclic) bond motifs is 1. The highest BCUT2D eigenvalue weighted by Crippen LogP contribution is 2.40. The van der Waals surface area contributed by atoms with Gasteiger partial charge in [-0.3, -0.25) is 9.59 Å². The topological polar surface area (TPSA) is 76.1 Å². The lowest BCUT2D eigenvalue weighted by molar-refractivity contribution is -0.145. The maximum Gasteiger partial charge on any atom is 0.306 e. The summed E-state index contributed by atoms with van der Waals surface area (Å²) in [6, 6.07) is 5.98. The van der Waals surface area contributed by atoms with Crippen LogP contribution in [0.5, 0.6) is 11.5 Å². The lowest BCUT2D eigenvalue weighted by atomic mass is 9.80. The first-order valence-electron chi connectivity index (χ1n) is 9.56. The van der Waals surface area contributed by atoms with Crippen molar-refractivity contribution in [3.63, 3.8) is 0 Å². The van der Waals surface area contributed by atoms with Gasteiger partial charge in [-0.25, -0.2) is 0 Å². The summed E-state index contributed by atoms with van der Waals surface area (Å²) >= 11 is 0. The third kappa shape index (κ3) is 3.24. The Hall–Kier alpha value is -2.24. The molecule has 1 amide bonds. The number of aliphatic carboxylic acids is 1. The summed E-state index contributed by atoms with van der Waals surface area (Å²) in [5, 5.41) is 9.30. The minimum atomic E-state index is -0.771. The third-order valence-electron chi connectivity index (χ3n) is 5.86. The number of benzene rings is 1. The molecule has 1 aromatic carbocycles. The van der Waals surface area contributed by atoms with Gasteiger partial charge in [0.1, 0.15) is 13.2 Å². The van der Waals surface area contributed by atoms with Crippen LogP contribution in [0.4, 0.5) is 0 Å². The molecule has 1 aromatic rings. The first-order chi connectivity index (χ1) is 12.6. The lowest BCUT2D eigenvalue weighted by Crippen LogP contribution is -2.38. The molecule has 0 radical (unpaired) electrons. The first kappa shape index (κ1) is 17.2. The van der Waals surface area contributed by atoms with E-state index in [1.54, 1.807) is 0 Å². The fourth-order valence-corrected chi connectivity index (χ4v) is 4.52. The van der Waals surface area contributed by atoms with E-state index in [9.17, 15) is 14.7 Å². The van der Waals surface area contributed by atoms with Crippen molar-refractivity contribution in [1.82, 2.24) is 4.90 Å². The fourth-order valence-electron chi connectivity index (χ4n) is 4.52. The molecular formula is C20H25NO5. The van der Waals surface area contributed by atoms with Crippen molar-refractivity contribution < 1.29 is 24.2 Å². The van der Waals surface area contributed by atoms with Crippen LogP contribution in [0.15, 0.2) is 18.2 Å². The number of hydrogen-bond acceptors (Lipinski definition) is 4. The average Bonchev–Trinajstić information content (AvgIpc) is 3.17. The minimum Gasteiger partial charge on any atom is -0.486 e. The number of ether oxygens (including phenoxy) is 2. The van der Waals surface area contributed by atoms with Crippen LogP contribution in [0.25, 0.3) is 0 Å². The molecule has 2 aliphatic heterocycles. The number of likely N-dealkylation sites (tertiary alicyclic amines) is 1. The second kappa shape index (κ2) is 7.17. The van der Waals surface area contributed by atoms with E-state index < -0.39 is 5.97 Å². The van der Waals surface area contributed by atoms with E-state index in [0.717, 1.165) is 49.3 Å². The van der Waals surface area contributed by atoms with Crippen molar-refractivity contribution >= 4 is 11.9 Å². The molecule has 0 spiro atoms. The van der Waals surface area contributed by atoms with Crippen molar-refractivity contribution in [2.75, 3.05) is 19.8 Å². The van der Waals surface area contributed by atoms with Gasteiger partial charge in [-0.05, 0) is 49.8 Å². The summed E-state index contributed by atoms with van der Waals surface area (Å²) < 4.78 is 11.3. The molecule has 1 saturated heterocycles. The largest absolute Gasteiger partial charge is 0.486 e. The number of carbonyl (C=O) groups excluding carboxylic acids is 1. The van der Waals surface area contributed by atoms with Crippen LogP contribution in [0.2, 0.25) is 0 Å². The molecule has 3 aliphatic rings. The Bertz CT molecular complexity index is 703. The number of nitrogens with zero attached hydrogens (tertiary/aromatic N) is 1. The van der Waals surface area contributed by atoms with Gasteiger partial charge in [0.2, 0.25) is 5.91 Å². The highest BCUT2D eigenvalue weighted by Gasteiger charge is 2.38. The monoisotopic (exact) mass is 359 g/mol. The lowest BCUT2D eigenvalue weighted by Gasteiger charge is -2.33. The molecule has 6 nitrogen and oxygen atoms in total. The van der Waals surface area contributed by atoms with Crippen LogP contribution in [-0.2, 0) is 9.59 Å². The predicted octanol–water partition coefficient (Wildman–Crippen LogP) is 3.01. The zero-order valence-corrected chi connectivity index (χ0v) is 14.9. The van der Waals surface area contributed by atoms with Crippen LogP contribution in [0.3, 0.4) is 0 Å². The van der Waals surface area contributed by atoms with E-state index in [1.165, 1.54) is 0 Å². The summed E-state index contributed by atoms with van der Waals surface area (Å²) in [7, 11) is 0. The molecule has 1 aliphatic carbocycles.